The summed E-state index contributed by atoms with van der Waals surface area (Å²) in [5.41, 5.74) is -1.59. The molecule has 2 atom stereocenters. The molecule has 6 rings (SSSR count). The SMILES string of the molecule is CC(SC1COC(C=CC=Cc2ccc(C#N)cc2F)OC1)C(Cn1cncn1)(OC(=O)OCOC(=O)C=CC(=O)N1CC(N2CCCC2)C1)c1ccc(F)cc1F. The highest BCUT2D eigenvalue weighted by Gasteiger charge is 2.47. The number of benzene rings is 2. The Bertz CT molecular complexity index is 2040. The fourth-order valence-corrected chi connectivity index (χ4v) is 8.07. The van der Waals surface area contributed by atoms with Crippen molar-refractivity contribution in [1.29, 1.82) is 5.26 Å². The van der Waals surface area contributed by atoms with Gasteiger partial charge in [0.2, 0.25) is 12.7 Å². The highest BCUT2D eigenvalue weighted by Crippen LogP contribution is 2.42. The molecule has 3 aliphatic rings. The molecule has 1 aromatic heterocycles. The minimum atomic E-state index is -1.91. The zero-order chi connectivity index (χ0) is 41.1. The van der Waals surface area contributed by atoms with Crippen LogP contribution in [0.15, 0.2) is 79.4 Å². The van der Waals surface area contributed by atoms with Crippen molar-refractivity contribution in [2.75, 3.05) is 46.2 Å². The first-order valence-electron chi connectivity index (χ1n) is 18.5. The lowest BCUT2D eigenvalue weighted by molar-refractivity contribution is -0.150. The first kappa shape index (κ1) is 42.1. The van der Waals surface area contributed by atoms with Gasteiger partial charge in [0.1, 0.15) is 30.1 Å². The van der Waals surface area contributed by atoms with E-state index in [1.165, 1.54) is 47.3 Å². The molecule has 0 radical (unpaired) electrons. The van der Waals surface area contributed by atoms with Gasteiger partial charge in [0.25, 0.3) is 0 Å². The maximum absolute atomic E-state index is 15.7. The number of thioether (sulfide) groups is 1. The van der Waals surface area contributed by atoms with Crippen molar-refractivity contribution in [2.45, 2.75) is 54.7 Å². The zero-order valence-electron chi connectivity index (χ0n) is 31.5. The van der Waals surface area contributed by atoms with Crippen LogP contribution in [-0.4, -0.2) is 112 Å². The Labute approximate surface area is 336 Å². The van der Waals surface area contributed by atoms with E-state index in [0.717, 1.165) is 56.3 Å². The summed E-state index contributed by atoms with van der Waals surface area (Å²) in [7, 11) is 0. The van der Waals surface area contributed by atoms with Crippen molar-refractivity contribution >= 4 is 35.9 Å². The summed E-state index contributed by atoms with van der Waals surface area (Å²) in [4.78, 5) is 46.1. The van der Waals surface area contributed by atoms with Crippen LogP contribution in [0.4, 0.5) is 18.0 Å². The lowest BCUT2D eigenvalue weighted by atomic mass is 9.89. The first-order valence-corrected chi connectivity index (χ1v) is 19.4. The minimum Gasteiger partial charge on any atom is -0.425 e. The van der Waals surface area contributed by atoms with E-state index in [2.05, 4.69) is 15.0 Å². The zero-order valence-corrected chi connectivity index (χ0v) is 32.3. The minimum absolute atomic E-state index is 0.163. The Balaban J connectivity index is 1.07. The van der Waals surface area contributed by atoms with Gasteiger partial charge in [-0.1, -0.05) is 24.3 Å². The van der Waals surface area contributed by atoms with Crippen LogP contribution >= 0.6 is 11.8 Å². The summed E-state index contributed by atoms with van der Waals surface area (Å²) in [5, 5.41) is 11.9. The third-order valence-electron chi connectivity index (χ3n) is 9.82. The molecule has 0 spiro atoms. The smallest absolute Gasteiger partial charge is 0.425 e. The number of carbonyl (C=O) groups is 3. The van der Waals surface area contributed by atoms with Gasteiger partial charge in [0.15, 0.2) is 11.9 Å². The van der Waals surface area contributed by atoms with Crippen LogP contribution in [0.3, 0.4) is 0 Å². The molecule has 2 unspecified atom stereocenters. The van der Waals surface area contributed by atoms with E-state index >= 15 is 4.39 Å². The van der Waals surface area contributed by atoms with E-state index in [0.29, 0.717) is 30.8 Å². The van der Waals surface area contributed by atoms with Crippen molar-refractivity contribution < 1.29 is 51.2 Å². The second kappa shape index (κ2) is 19.8. The van der Waals surface area contributed by atoms with E-state index in [1.54, 1.807) is 30.1 Å². The molecular formula is C40H41F3N6O8S. The molecule has 14 nitrogen and oxygen atoms in total. The van der Waals surface area contributed by atoms with E-state index < -0.39 is 53.5 Å². The Morgan fingerprint density at radius 3 is 2.50 bits per heavy atom. The van der Waals surface area contributed by atoms with Crippen LogP contribution in [0.25, 0.3) is 6.08 Å². The number of halogens is 3. The van der Waals surface area contributed by atoms with Gasteiger partial charge in [0, 0.05) is 53.7 Å². The van der Waals surface area contributed by atoms with Crippen molar-refractivity contribution in [3.05, 3.63) is 114 Å². The Morgan fingerprint density at radius 1 is 1.03 bits per heavy atom. The average Bonchev–Trinajstić information content (AvgIpc) is 3.91. The maximum atomic E-state index is 15.7. The molecule has 306 valence electrons. The Morgan fingerprint density at radius 2 is 1.81 bits per heavy atom. The molecule has 0 aliphatic carbocycles. The molecule has 3 saturated heterocycles. The standard InChI is InChI=1S/C40H41F3N6O8S/c1-27(58-32-21-53-38(54-22-32)7-3-2-6-29-9-8-28(18-44)16-34(29)42)40(23-49-25-45-24-46-49,33-11-10-30(41)17-35(33)43)57-39(52)56-26-55-37(51)13-12-36(50)48-19-31(20-48)47-14-4-5-15-47/h2-3,6-13,16-17,24-25,27,31-32,38H,4-5,14-15,19-23,26H2,1H3. The van der Waals surface area contributed by atoms with E-state index in [-0.39, 0.29) is 42.0 Å². The number of ether oxygens (including phenoxy) is 5. The number of nitriles is 1. The fraction of sp³-hybridized carbons (Fsp3) is 0.400. The second-order valence-electron chi connectivity index (χ2n) is 13.7. The highest BCUT2D eigenvalue weighted by atomic mass is 32.2. The van der Waals surface area contributed by atoms with Crippen LogP contribution in [0.2, 0.25) is 0 Å². The topological polar surface area (TPSA) is 158 Å². The van der Waals surface area contributed by atoms with E-state index in [1.807, 2.05) is 6.07 Å². The van der Waals surface area contributed by atoms with Crippen LogP contribution in [0, 0.1) is 28.8 Å². The largest absolute Gasteiger partial charge is 0.512 e. The molecule has 3 aliphatic heterocycles. The number of hydrogen-bond acceptors (Lipinski definition) is 13. The number of aromatic nitrogens is 3. The average molecular weight is 823 g/mol. The number of esters is 1. The molecule has 18 heteroatoms. The second-order valence-corrected chi connectivity index (χ2v) is 15.3. The number of rotatable bonds is 15. The quantitative estimate of drug-likeness (QED) is 0.0863. The number of nitrogens with zero attached hydrogens (tertiary/aromatic N) is 6. The molecule has 1 amide bonds. The number of amides is 1. The van der Waals surface area contributed by atoms with Crippen LogP contribution in [-0.2, 0) is 45.4 Å². The van der Waals surface area contributed by atoms with Crippen LogP contribution in [0.5, 0.6) is 0 Å². The van der Waals surface area contributed by atoms with Gasteiger partial charge in [-0.05, 0) is 63.2 Å². The fourth-order valence-electron chi connectivity index (χ4n) is 6.71. The molecule has 3 fully saturated rings. The molecule has 0 N–H and O–H groups in total. The molecule has 2 aromatic carbocycles. The monoisotopic (exact) mass is 822 g/mol. The van der Waals surface area contributed by atoms with Gasteiger partial charge in [-0.25, -0.2) is 32.4 Å². The van der Waals surface area contributed by atoms with Gasteiger partial charge >= 0.3 is 12.1 Å². The predicted octanol–water partition coefficient (Wildman–Crippen LogP) is 5.11. The molecule has 58 heavy (non-hydrogen) atoms. The maximum Gasteiger partial charge on any atom is 0.512 e. The van der Waals surface area contributed by atoms with E-state index in [4.69, 9.17) is 28.9 Å². The summed E-state index contributed by atoms with van der Waals surface area (Å²) in [5.74, 6) is -3.69. The van der Waals surface area contributed by atoms with Crippen molar-refractivity contribution in [3.8, 4) is 6.07 Å². The number of hydrogen-bond donors (Lipinski definition) is 0. The first-order chi connectivity index (χ1) is 28.0. The van der Waals surface area contributed by atoms with Crippen LogP contribution < -0.4 is 0 Å². The molecule has 4 heterocycles. The van der Waals surface area contributed by atoms with Crippen molar-refractivity contribution in [3.63, 3.8) is 0 Å². The lowest BCUT2D eigenvalue weighted by Crippen LogP contribution is -2.60. The third-order valence-corrected chi connectivity index (χ3v) is 11.3. The summed E-state index contributed by atoms with van der Waals surface area (Å²) in [6.07, 6.45) is 11.2. The number of likely N-dealkylation sites (tertiary alicyclic amines) is 2. The summed E-state index contributed by atoms with van der Waals surface area (Å²) < 4.78 is 73.1. The highest BCUT2D eigenvalue weighted by molar-refractivity contribution is 8.00. The summed E-state index contributed by atoms with van der Waals surface area (Å²) >= 11 is 1.24. The predicted molar refractivity (Wildman–Crippen MR) is 203 cm³/mol. The Hall–Kier alpha value is -5.48. The number of carbonyl (C=O) groups excluding carboxylic acids is 3. The summed E-state index contributed by atoms with van der Waals surface area (Å²) in [6.45, 7) is 4.03. The van der Waals surface area contributed by atoms with Gasteiger partial charge < -0.3 is 28.6 Å². The van der Waals surface area contributed by atoms with Gasteiger partial charge in [-0.3, -0.25) is 9.69 Å². The van der Waals surface area contributed by atoms with E-state index in [9.17, 15) is 23.2 Å². The molecule has 0 saturated carbocycles. The lowest BCUT2D eigenvalue weighted by Gasteiger charge is -2.43. The van der Waals surface area contributed by atoms with Gasteiger partial charge in [-0.15, -0.1) is 11.8 Å². The van der Waals surface area contributed by atoms with Crippen molar-refractivity contribution in [2.24, 2.45) is 0 Å². The molecular weight excluding hydrogens is 782 g/mol. The van der Waals surface area contributed by atoms with Gasteiger partial charge in [0.05, 0.1) is 36.6 Å². The normalized spacial score (nSPS) is 20.5. The number of allylic oxidation sites excluding steroid dienone is 2. The summed E-state index contributed by atoms with van der Waals surface area (Å²) in [6, 6.07) is 9.20. The van der Waals surface area contributed by atoms with Gasteiger partial charge in [-0.2, -0.15) is 10.4 Å². The molecule has 0 bridgehead atoms. The van der Waals surface area contributed by atoms with Crippen molar-refractivity contribution in [1.82, 2.24) is 24.6 Å². The molecule has 3 aromatic rings. The third kappa shape index (κ3) is 10.9. The van der Waals surface area contributed by atoms with Crippen LogP contribution in [0.1, 0.15) is 36.5 Å². The Kier molecular flexibility index (Phi) is 14.4.